The van der Waals surface area contributed by atoms with Gasteiger partial charge in [-0.15, -0.1) is 0 Å². The van der Waals surface area contributed by atoms with Crippen LogP contribution < -0.4 is 4.72 Å². The standard InChI is InChI=1S/C10H7F2N3O4S/c11-5-1-2-7(12)8(3-5)15-20(18,19)9-6(10(16)17)4-13-14-9/h1-4,15H,(H,13,14)(H,16,17). The first-order chi connectivity index (χ1) is 9.31. The van der Waals surface area contributed by atoms with Crippen molar-refractivity contribution in [3.05, 3.63) is 41.6 Å². The van der Waals surface area contributed by atoms with E-state index < -0.39 is 43.9 Å². The first kappa shape index (κ1) is 13.9. The molecule has 0 bridgehead atoms. The molecule has 0 aliphatic rings. The Morgan fingerprint density at radius 1 is 1.35 bits per heavy atom. The van der Waals surface area contributed by atoms with Gasteiger partial charge in [0.15, 0.2) is 5.03 Å². The fraction of sp³-hybridized carbons (Fsp3) is 0. The number of aromatic carboxylic acids is 1. The number of benzene rings is 1. The summed E-state index contributed by atoms with van der Waals surface area (Å²) in [4.78, 5) is 10.8. The van der Waals surface area contributed by atoms with E-state index in [4.69, 9.17) is 5.11 Å². The van der Waals surface area contributed by atoms with Crippen molar-refractivity contribution in [3.63, 3.8) is 0 Å². The van der Waals surface area contributed by atoms with Gasteiger partial charge in [-0.2, -0.15) is 13.5 Å². The van der Waals surface area contributed by atoms with Crippen LogP contribution in [0.15, 0.2) is 29.4 Å². The number of hydrogen-bond acceptors (Lipinski definition) is 4. The third-order valence-electron chi connectivity index (χ3n) is 2.28. The Hall–Kier alpha value is -2.49. The molecule has 2 rings (SSSR count). The molecule has 0 atom stereocenters. The van der Waals surface area contributed by atoms with E-state index in [1.165, 1.54) is 0 Å². The maximum Gasteiger partial charge on any atom is 0.340 e. The highest BCUT2D eigenvalue weighted by Gasteiger charge is 2.25. The molecule has 0 saturated carbocycles. The van der Waals surface area contributed by atoms with Crippen molar-refractivity contribution in [2.75, 3.05) is 4.72 Å². The van der Waals surface area contributed by atoms with Gasteiger partial charge in [0.2, 0.25) is 0 Å². The second-order valence-corrected chi connectivity index (χ2v) is 5.27. The van der Waals surface area contributed by atoms with Crippen molar-refractivity contribution < 1.29 is 27.1 Å². The Morgan fingerprint density at radius 2 is 2.05 bits per heavy atom. The molecule has 0 aliphatic carbocycles. The molecule has 106 valence electrons. The SMILES string of the molecule is O=C(O)c1cn[nH]c1S(=O)(=O)Nc1cc(F)ccc1F. The first-order valence-corrected chi connectivity index (χ1v) is 6.54. The predicted molar refractivity (Wildman–Crippen MR) is 62.7 cm³/mol. The minimum Gasteiger partial charge on any atom is -0.478 e. The number of nitrogens with one attached hydrogen (secondary N) is 2. The van der Waals surface area contributed by atoms with Crippen LogP contribution in [0, 0.1) is 11.6 Å². The zero-order valence-corrected chi connectivity index (χ0v) is 10.4. The van der Waals surface area contributed by atoms with Crippen LogP contribution in [0.4, 0.5) is 14.5 Å². The molecule has 0 saturated heterocycles. The highest BCUT2D eigenvalue weighted by Crippen LogP contribution is 2.21. The Labute approximate surface area is 111 Å². The molecule has 0 spiro atoms. The van der Waals surface area contributed by atoms with Crippen LogP contribution in [-0.2, 0) is 10.0 Å². The predicted octanol–water partition coefficient (Wildman–Crippen LogP) is 1.19. The van der Waals surface area contributed by atoms with Crippen LogP contribution in [-0.4, -0.2) is 29.7 Å². The molecular formula is C10H7F2N3O4S. The van der Waals surface area contributed by atoms with Crippen molar-refractivity contribution >= 4 is 21.7 Å². The Morgan fingerprint density at radius 3 is 2.70 bits per heavy atom. The number of aromatic nitrogens is 2. The van der Waals surface area contributed by atoms with E-state index in [9.17, 15) is 22.0 Å². The zero-order chi connectivity index (χ0) is 14.9. The Balaban J connectivity index is 2.44. The largest absolute Gasteiger partial charge is 0.478 e. The molecule has 0 unspecified atom stereocenters. The van der Waals surface area contributed by atoms with Gasteiger partial charge < -0.3 is 5.11 Å². The molecule has 1 aromatic carbocycles. The van der Waals surface area contributed by atoms with E-state index in [1.807, 2.05) is 5.10 Å². The van der Waals surface area contributed by atoms with Crippen LogP contribution in [0.2, 0.25) is 0 Å². The minimum atomic E-state index is -4.44. The van der Waals surface area contributed by atoms with Gasteiger partial charge >= 0.3 is 5.97 Å². The number of hydrogen-bond donors (Lipinski definition) is 3. The van der Waals surface area contributed by atoms with Crippen LogP contribution in [0.5, 0.6) is 0 Å². The summed E-state index contributed by atoms with van der Waals surface area (Å²) in [5.74, 6) is -3.39. The summed E-state index contributed by atoms with van der Waals surface area (Å²) in [6.45, 7) is 0. The summed E-state index contributed by atoms with van der Waals surface area (Å²) in [5, 5.41) is 13.3. The summed E-state index contributed by atoms with van der Waals surface area (Å²) >= 11 is 0. The third-order valence-corrected chi connectivity index (χ3v) is 3.61. The Kier molecular flexibility index (Phi) is 3.40. The zero-order valence-electron chi connectivity index (χ0n) is 9.59. The molecule has 3 N–H and O–H groups in total. The molecule has 0 radical (unpaired) electrons. The van der Waals surface area contributed by atoms with E-state index in [-0.39, 0.29) is 0 Å². The van der Waals surface area contributed by atoms with Crippen LogP contribution >= 0.6 is 0 Å². The smallest absolute Gasteiger partial charge is 0.340 e. The van der Waals surface area contributed by atoms with Gasteiger partial charge in [0.05, 0.1) is 11.9 Å². The number of H-pyrrole nitrogens is 1. The molecule has 1 heterocycles. The van der Waals surface area contributed by atoms with Crippen molar-refractivity contribution in [2.45, 2.75) is 5.03 Å². The summed E-state index contributed by atoms with van der Waals surface area (Å²) in [6, 6.07) is 2.17. The lowest BCUT2D eigenvalue weighted by Gasteiger charge is -2.08. The van der Waals surface area contributed by atoms with Crippen LogP contribution in [0.1, 0.15) is 10.4 Å². The maximum atomic E-state index is 13.4. The fourth-order valence-corrected chi connectivity index (χ4v) is 2.55. The van der Waals surface area contributed by atoms with Crippen molar-refractivity contribution in [1.82, 2.24) is 10.2 Å². The molecular weight excluding hydrogens is 296 g/mol. The average molecular weight is 303 g/mol. The fourth-order valence-electron chi connectivity index (χ4n) is 1.40. The number of rotatable bonds is 4. The maximum absolute atomic E-state index is 13.4. The lowest BCUT2D eigenvalue weighted by Crippen LogP contribution is -2.17. The average Bonchev–Trinajstić information content (AvgIpc) is 2.83. The summed E-state index contributed by atoms with van der Waals surface area (Å²) < 4.78 is 51.9. The van der Waals surface area contributed by atoms with E-state index in [1.54, 1.807) is 4.72 Å². The topological polar surface area (TPSA) is 112 Å². The monoisotopic (exact) mass is 303 g/mol. The number of carbonyl (C=O) groups is 1. The molecule has 0 aliphatic heterocycles. The molecule has 7 nitrogen and oxygen atoms in total. The summed E-state index contributed by atoms with van der Waals surface area (Å²) in [7, 11) is -4.44. The molecule has 0 amide bonds. The normalized spacial score (nSPS) is 11.3. The second kappa shape index (κ2) is 4.89. The number of carboxylic acids is 1. The number of anilines is 1. The number of carboxylic acid groups (broad SMARTS) is 1. The van der Waals surface area contributed by atoms with Gasteiger partial charge in [0, 0.05) is 6.07 Å². The van der Waals surface area contributed by atoms with Crippen molar-refractivity contribution in [1.29, 1.82) is 0 Å². The second-order valence-electron chi connectivity index (χ2n) is 3.65. The lowest BCUT2D eigenvalue weighted by atomic mass is 10.3. The molecule has 20 heavy (non-hydrogen) atoms. The number of aromatic amines is 1. The van der Waals surface area contributed by atoms with Gasteiger partial charge in [-0.3, -0.25) is 9.82 Å². The highest BCUT2D eigenvalue weighted by atomic mass is 32.2. The first-order valence-electron chi connectivity index (χ1n) is 5.06. The van der Waals surface area contributed by atoms with Crippen LogP contribution in [0.3, 0.4) is 0 Å². The Bertz CT molecular complexity index is 773. The van der Waals surface area contributed by atoms with Gasteiger partial charge in [-0.05, 0) is 12.1 Å². The third kappa shape index (κ3) is 2.59. The summed E-state index contributed by atoms with van der Waals surface area (Å²) in [6.07, 6.45) is 0.791. The van der Waals surface area contributed by atoms with Gasteiger partial charge in [-0.25, -0.2) is 13.6 Å². The van der Waals surface area contributed by atoms with E-state index >= 15 is 0 Å². The molecule has 0 fully saturated rings. The number of nitrogens with zero attached hydrogens (tertiary/aromatic N) is 1. The van der Waals surface area contributed by atoms with Crippen LogP contribution in [0.25, 0.3) is 0 Å². The van der Waals surface area contributed by atoms with E-state index in [0.29, 0.717) is 6.07 Å². The number of sulfonamides is 1. The molecule has 10 heteroatoms. The van der Waals surface area contributed by atoms with Crippen molar-refractivity contribution in [2.24, 2.45) is 0 Å². The number of halogens is 2. The van der Waals surface area contributed by atoms with E-state index in [2.05, 4.69) is 5.10 Å². The van der Waals surface area contributed by atoms with Gasteiger partial charge in [0.1, 0.15) is 17.2 Å². The quantitative estimate of drug-likeness (QED) is 0.785. The highest BCUT2D eigenvalue weighted by molar-refractivity contribution is 7.92. The lowest BCUT2D eigenvalue weighted by molar-refractivity contribution is 0.0692. The summed E-state index contributed by atoms with van der Waals surface area (Å²) in [5.41, 5.74) is -1.26. The minimum absolute atomic E-state index is 0.616. The molecule has 2 aromatic rings. The van der Waals surface area contributed by atoms with Gasteiger partial charge in [-0.1, -0.05) is 0 Å². The van der Waals surface area contributed by atoms with Crippen molar-refractivity contribution in [3.8, 4) is 0 Å². The molecule has 1 aromatic heterocycles. The van der Waals surface area contributed by atoms with E-state index in [0.717, 1.165) is 18.3 Å². The van der Waals surface area contributed by atoms with Gasteiger partial charge in [0.25, 0.3) is 10.0 Å².